The molecule has 0 aliphatic rings. The summed E-state index contributed by atoms with van der Waals surface area (Å²) in [5.74, 6) is -2.10. The van der Waals surface area contributed by atoms with Gasteiger partial charge in [0.1, 0.15) is 5.82 Å². The first-order valence-corrected chi connectivity index (χ1v) is 6.23. The Kier molecular flexibility index (Phi) is 4.99. The monoisotopic (exact) mass is 307 g/mol. The molecule has 0 radical (unpaired) electrons. The maximum Gasteiger partial charge on any atom is 0.416 e. The molecule has 3 nitrogen and oxygen atoms in total. The van der Waals surface area contributed by atoms with Gasteiger partial charge in [-0.1, -0.05) is 0 Å². The summed E-state index contributed by atoms with van der Waals surface area (Å²) in [6.07, 6.45) is -4.64. The quantitative estimate of drug-likeness (QED) is 0.865. The zero-order valence-electron chi connectivity index (χ0n) is 12.0. The Morgan fingerprint density at radius 3 is 2.19 bits per heavy atom. The number of hydrogen-bond acceptors (Lipinski definition) is 2. The Morgan fingerprint density at radius 1 is 1.19 bits per heavy atom. The molecule has 0 aliphatic heterocycles. The van der Waals surface area contributed by atoms with Gasteiger partial charge in [0.05, 0.1) is 12.1 Å². The van der Waals surface area contributed by atoms with Crippen LogP contribution in [0, 0.1) is 5.82 Å². The van der Waals surface area contributed by atoms with Gasteiger partial charge in [0.25, 0.3) is 0 Å². The summed E-state index contributed by atoms with van der Waals surface area (Å²) in [7, 11) is 0. The standard InChI is InChI=1S/C14H17F4NO2/c1-13(2,3)19(8-12(20)21)7-9-4-10(14(16,17)18)6-11(15)5-9/h4-6H,7-8H2,1-3H3,(H,20,21). The third-order valence-electron chi connectivity index (χ3n) is 2.93. The van der Waals surface area contributed by atoms with Crippen LogP contribution in [0.25, 0.3) is 0 Å². The van der Waals surface area contributed by atoms with Crippen LogP contribution in [0.1, 0.15) is 31.9 Å². The fraction of sp³-hybridized carbons (Fsp3) is 0.500. The molecular formula is C14H17F4NO2. The van der Waals surface area contributed by atoms with Crippen molar-refractivity contribution in [3.63, 3.8) is 0 Å². The van der Waals surface area contributed by atoms with Crippen LogP contribution in [0.15, 0.2) is 18.2 Å². The van der Waals surface area contributed by atoms with Crippen LogP contribution < -0.4 is 0 Å². The van der Waals surface area contributed by atoms with Crippen molar-refractivity contribution in [3.05, 3.63) is 35.1 Å². The number of aliphatic carboxylic acids is 1. The van der Waals surface area contributed by atoms with Gasteiger partial charge >= 0.3 is 12.1 Å². The summed E-state index contributed by atoms with van der Waals surface area (Å²) in [5.41, 5.74) is -1.58. The molecule has 0 fully saturated rings. The molecule has 0 atom stereocenters. The van der Waals surface area contributed by atoms with Gasteiger partial charge in [0.15, 0.2) is 0 Å². The van der Waals surface area contributed by atoms with E-state index in [1.807, 2.05) is 0 Å². The van der Waals surface area contributed by atoms with Crippen molar-refractivity contribution in [2.75, 3.05) is 6.54 Å². The third kappa shape index (κ3) is 5.34. The summed E-state index contributed by atoms with van der Waals surface area (Å²) in [5, 5.41) is 8.87. The fourth-order valence-corrected chi connectivity index (χ4v) is 1.82. The van der Waals surface area contributed by atoms with E-state index in [-0.39, 0.29) is 18.7 Å². The van der Waals surface area contributed by atoms with Gasteiger partial charge in [-0.05, 0) is 44.5 Å². The van der Waals surface area contributed by atoms with Crippen molar-refractivity contribution in [2.45, 2.75) is 39.0 Å². The van der Waals surface area contributed by atoms with Crippen molar-refractivity contribution in [1.82, 2.24) is 4.90 Å². The molecule has 21 heavy (non-hydrogen) atoms. The summed E-state index contributed by atoms with van der Waals surface area (Å²) in [4.78, 5) is 12.3. The molecule has 0 bridgehead atoms. The van der Waals surface area contributed by atoms with Crippen LogP contribution in [-0.4, -0.2) is 28.1 Å². The van der Waals surface area contributed by atoms with Gasteiger partial charge < -0.3 is 5.11 Å². The van der Waals surface area contributed by atoms with Gasteiger partial charge in [-0.25, -0.2) is 4.39 Å². The first kappa shape index (κ1) is 17.4. The van der Waals surface area contributed by atoms with E-state index < -0.39 is 29.1 Å². The summed E-state index contributed by atoms with van der Waals surface area (Å²) < 4.78 is 51.3. The predicted octanol–water partition coefficient (Wildman–Crippen LogP) is 3.53. The Labute approximate surface area is 120 Å². The minimum Gasteiger partial charge on any atom is -0.480 e. The number of benzene rings is 1. The molecule has 1 aromatic rings. The van der Waals surface area contributed by atoms with E-state index in [0.717, 1.165) is 12.1 Å². The van der Waals surface area contributed by atoms with Crippen molar-refractivity contribution in [3.8, 4) is 0 Å². The SMILES string of the molecule is CC(C)(C)N(CC(=O)O)Cc1cc(F)cc(C(F)(F)F)c1. The van der Waals surface area contributed by atoms with E-state index in [1.165, 1.54) is 4.90 Å². The molecule has 1 aromatic carbocycles. The molecule has 0 amide bonds. The number of hydrogen-bond donors (Lipinski definition) is 1. The van der Waals surface area contributed by atoms with Crippen LogP contribution in [0.3, 0.4) is 0 Å². The van der Waals surface area contributed by atoms with E-state index in [4.69, 9.17) is 5.11 Å². The third-order valence-corrected chi connectivity index (χ3v) is 2.93. The minimum atomic E-state index is -4.64. The van der Waals surface area contributed by atoms with Crippen LogP contribution in [0.4, 0.5) is 17.6 Å². The summed E-state index contributed by atoms with van der Waals surface area (Å²) >= 11 is 0. The highest BCUT2D eigenvalue weighted by molar-refractivity contribution is 5.69. The number of alkyl halides is 3. The number of halogens is 4. The maximum absolute atomic E-state index is 13.3. The molecule has 0 spiro atoms. The Morgan fingerprint density at radius 2 is 1.76 bits per heavy atom. The van der Waals surface area contributed by atoms with Crippen LogP contribution >= 0.6 is 0 Å². The average molecular weight is 307 g/mol. The normalized spacial score (nSPS) is 12.8. The number of carbonyl (C=O) groups is 1. The molecule has 1 rings (SSSR count). The highest BCUT2D eigenvalue weighted by Gasteiger charge is 2.32. The van der Waals surface area contributed by atoms with E-state index >= 15 is 0 Å². The van der Waals surface area contributed by atoms with E-state index in [1.54, 1.807) is 20.8 Å². The second-order valence-corrected chi connectivity index (χ2v) is 5.77. The number of carboxylic acids is 1. The number of nitrogens with zero attached hydrogens (tertiary/aromatic N) is 1. The van der Waals surface area contributed by atoms with E-state index in [9.17, 15) is 22.4 Å². The van der Waals surface area contributed by atoms with E-state index in [2.05, 4.69) is 0 Å². The molecule has 0 aliphatic carbocycles. The molecule has 0 aromatic heterocycles. The average Bonchev–Trinajstić information content (AvgIpc) is 2.24. The van der Waals surface area contributed by atoms with Crippen LogP contribution in [0.2, 0.25) is 0 Å². The largest absolute Gasteiger partial charge is 0.480 e. The molecule has 1 N–H and O–H groups in total. The highest BCUT2D eigenvalue weighted by Crippen LogP contribution is 2.31. The maximum atomic E-state index is 13.3. The van der Waals surface area contributed by atoms with Crippen LogP contribution in [0.5, 0.6) is 0 Å². The zero-order chi connectivity index (χ0) is 16.4. The summed E-state index contributed by atoms with van der Waals surface area (Å²) in [6, 6.07) is 2.24. The molecule has 7 heteroatoms. The number of rotatable bonds is 4. The first-order valence-electron chi connectivity index (χ1n) is 6.23. The Hall–Kier alpha value is -1.63. The zero-order valence-corrected chi connectivity index (χ0v) is 12.0. The first-order chi connectivity index (χ1) is 9.39. The van der Waals surface area contributed by atoms with Gasteiger partial charge in [0, 0.05) is 12.1 Å². The Bertz CT molecular complexity index is 521. The fourth-order valence-electron chi connectivity index (χ4n) is 1.82. The summed E-state index contributed by atoms with van der Waals surface area (Å²) in [6.45, 7) is 4.78. The highest BCUT2D eigenvalue weighted by atomic mass is 19.4. The van der Waals surface area contributed by atoms with E-state index in [0.29, 0.717) is 6.07 Å². The van der Waals surface area contributed by atoms with Gasteiger partial charge in [-0.3, -0.25) is 9.69 Å². The lowest BCUT2D eigenvalue weighted by Crippen LogP contribution is -2.43. The van der Waals surface area contributed by atoms with Crippen molar-refractivity contribution >= 4 is 5.97 Å². The lowest BCUT2D eigenvalue weighted by atomic mass is 10.0. The molecule has 0 saturated heterocycles. The Balaban J connectivity index is 3.09. The predicted molar refractivity (Wildman–Crippen MR) is 69.2 cm³/mol. The molecule has 0 saturated carbocycles. The van der Waals surface area contributed by atoms with Crippen molar-refractivity contribution in [2.24, 2.45) is 0 Å². The van der Waals surface area contributed by atoms with Crippen molar-refractivity contribution < 1.29 is 27.5 Å². The van der Waals surface area contributed by atoms with Gasteiger partial charge in [-0.15, -0.1) is 0 Å². The topological polar surface area (TPSA) is 40.5 Å². The molecule has 0 heterocycles. The smallest absolute Gasteiger partial charge is 0.416 e. The second kappa shape index (κ2) is 6.01. The number of carboxylic acid groups (broad SMARTS) is 1. The lowest BCUT2D eigenvalue weighted by molar-refractivity contribution is -0.140. The van der Waals surface area contributed by atoms with Crippen LogP contribution in [-0.2, 0) is 17.5 Å². The minimum absolute atomic E-state index is 0.0819. The molecular weight excluding hydrogens is 290 g/mol. The van der Waals surface area contributed by atoms with Crippen molar-refractivity contribution in [1.29, 1.82) is 0 Å². The lowest BCUT2D eigenvalue weighted by Gasteiger charge is -2.34. The second-order valence-electron chi connectivity index (χ2n) is 5.77. The molecule has 0 unspecified atom stereocenters. The molecule has 118 valence electrons. The van der Waals surface area contributed by atoms with Gasteiger partial charge in [-0.2, -0.15) is 13.2 Å². The van der Waals surface area contributed by atoms with Gasteiger partial charge in [0.2, 0.25) is 0 Å².